The van der Waals surface area contributed by atoms with Crippen LogP contribution >= 0.6 is 27.3 Å². The average molecular weight is 405 g/mol. The summed E-state index contributed by atoms with van der Waals surface area (Å²) < 4.78 is 33.6. The number of nitrogens with one attached hydrogen (secondary N) is 1. The smallest absolute Gasteiger partial charge is 0.242 e. The zero-order chi connectivity index (χ0) is 16.3. The molecule has 0 saturated carbocycles. The predicted octanol–water partition coefficient (Wildman–Crippen LogP) is 3.48. The van der Waals surface area contributed by atoms with E-state index in [0.717, 1.165) is 14.2 Å². The SMILES string of the molecule is Cc1sc(Br)cc1S(=O)(=O)NCc1ccnc(OC(C)C)c1. The third kappa shape index (κ3) is 4.52. The Labute approximate surface area is 142 Å². The molecule has 120 valence electrons. The first kappa shape index (κ1) is 17.4. The molecule has 0 aliphatic carbocycles. The molecule has 2 heterocycles. The number of ether oxygens (including phenoxy) is 1. The molecule has 0 amide bonds. The second kappa shape index (κ2) is 7.08. The molecule has 0 aliphatic rings. The highest BCUT2D eigenvalue weighted by Crippen LogP contribution is 2.29. The first-order chi connectivity index (χ1) is 10.3. The summed E-state index contributed by atoms with van der Waals surface area (Å²) in [7, 11) is -3.54. The number of aryl methyl sites for hydroxylation is 1. The Balaban J connectivity index is 2.11. The summed E-state index contributed by atoms with van der Waals surface area (Å²) in [6.45, 7) is 5.79. The fraction of sp³-hybridized carbons (Fsp3) is 0.357. The van der Waals surface area contributed by atoms with Crippen LogP contribution in [0.5, 0.6) is 5.88 Å². The summed E-state index contributed by atoms with van der Waals surface area (Å²) >= 11 is 4.70. The number of pyridine rings is 1. The molecule has 0 saturated heterocycles. The molecule has 0 unspecified atom stereocenters. The Morgan fingerprint density at radius 3 is 2.73 bits per heavy atom. The van der Waals surface area contributed by atoms with E-state index in [9.17, 15) is 8.42 Å². The van der Waals surface area contributed by atoms with Gasteiger partial charge < -0.3 is 4.74 Å². The van der Waals surface area contributed by atoms with Gasteiger partial charge in [0.2, 0.25) is 15.9 Å². The number of sulfonamides is 1. The van der Waals surface area contributed by atoms with Crippen LogP contribution in [0.2, 0.25) is 0 Å². The van der Waals surface area contributed by atoms with E-state index < -0.39 is 10.0 Å². The number of nitrogens with zero attached hydrogens (tertiary/aromatic N) is 1. The Morgan fingerprint density at radius 2 is 2.14 bits per heavy atom. The number of hydrogen-bond acceptors (Lipinski definition) is 5. The molecule has 2 rings (SSSR count). The van der Waals surface area contributed by atoms with Crippen LogP contribution < -0.4 is 9.46 Å². The van der Waals surface area contributed by atoms with Crippen molar-refractivity contribution in [1.82, 2.24) is 9.71 Å². The van der Waals surface area contributed by atoms with E-state index in [0.29, 0.717) is 10.8 Å². The number of rotatable bonds is 6. The van der Waals surface area contributed by atoms with Crippen molar-refractivity contribution in [3.8, 4) is 5.88 Å². The Bertz CT molecular complexity index is 757. The van der Waals surface area contributed by atoms with E-state index in [-0.39, 0.29) is 12.6 Å². The zero-order valence-corrected chi connectivity index (χ0v) is 15.7. The fourth-order valence-electron chi connectivity index (χ4n) is 1.82. The van der Waals surface area contributed by atoms with Crippen LogP contribution in [0.1, 0.15) is 24.3 Å². The lowest BCUT2D eigenvalue weighted by Gasteiger charge is -2.10. The molecule has 0 fully saturated rings. The normalized spacial score (nSPS) is 11.9. The summed E-state index contributed by atoms with van der Waals surface area (Å²) in [6, 6.07) is 5.10. The van der Waals surface area contributed by atoms with Gasteiger partial charge in [-0.15, -0.1) is 11.3 Å². The minimum absolute atomic E-state index is 0.0187. The van der Waals surface area contributed by atoms with Crippen molar-refractivity contribution < 1.29 is 13.2 Å². The summed E-state index contributed by atoms with van der Waals surface area (Å²) in [4.78, 5) is 5.15. The van der Waals surface area contributed by atoms with E-state index in [1.807, 2.05) is 13.8 Å². The van der Waals surface area contributed by atoms with Gasteiger partial charge in [-0.05, 0) is 54.4 Å². The number of halogens is 1. The molecule has 0 radical (unpaired) electrons. The molecule has 5 nitrogen and oxygen atoms in total. The first-order valence-corrected chi connectivity index (χ1v) is 9.74. The monoisotopic (exact) mass is 404 g/mol. The molecule has 0 aromatic carbocycles. The predicted molar refractivity (Wildman–Crippen MR) is 90.8 cm³/mol. The van der Waals surface area contributed by atoms with Crippen LogP contribution in [0.25, 0.3) is 0 Å². The molecular formula is C14H17BrN2O3S2. The van der Waals surface area contributed by atoms with Gasteiger partial charge in [0.15, 0.2) is 0 Å². The highest BCUT2D eigenvalue weighted by atomic mass is 79.9. The van der Waals surface area contributed by atoms with Crippen LogP contribution in [0.4, 0.5) is 0 Å². The van der Waals surface area contributed by atoms with E-state index in [2.05, 4.69) is 25.6 Å². The van der Waals surface area contributed by atoms with Gasteiger partial charge in [-0.3, -0.25) is 0 Å². The van der Waals surface area contributed by atoms with Crippen LogP contribution in [-0.4, -0.2) is 19.5 Å². The van der Waals surface area contributed by atoms with Gasteiger partial charge in [-0.1, -0.05) is 0 Å². The summed E-state index contributed by atoms with van der Waals surface area (Å²) in [6.07, 6.45) is 1.62. The molecule has 0 bridgehead atoms. The molecule has 1 N–H and O–H groups in total. The zero-order valence-electron chi connectivity index (χ0n) is 12.5. The van der Waals surface area contributed by atoms with Gasteiger partial charge in [0, 0.05) is 23.7 Å². The molecular weight excluding hydrogens is 388 g/mol. The minimum atomic E-state index is -3.54. The highest BCUT2D eigenvalue weighted by Gasteiger charge is 2.19. The maximum absolute atomic E-state index is 12.3. The molecule has 22 heavy (non-hydrogen) atoms. The van der Waals surface area contributed by atoms with E-state index in [1.165, 1.54) is 11.3 Å². The quantitative estimate of drug-likeness (QED) is 0.799. The Kier molecular flexibility index (Phi) is 5.60. The molecule has 0 spiro atoms. The summed E-state index contributed by atoms with van der Waals surface area (Å²) in [5, 5.41) is 0. The van der Waals surface area contributed by atoms with Crippen molar-refractivity contribution >= 4 is 37.3 Å². The molecule has 2 aromatic heterocycles. The van der Waals surface area contributed by atoms with Crippen molar-refractivity contribution in [2.45, 2.75) is 38.3 Å². The lowest BCUT2D eigenvalue weighted by Crippen LogP contribution is -2.23. The molecule has 0 aliphatic heterocycles. The van der Waals surface area contributed by atoms with E-state index >= 15 is 0 Å². The van der Waals surface area contributed by atoms with Crippen LogP contribution in [0.15, 0.2) is 33.1 Å². The van der Waals surface area contributed by atoms with Crippen molar-refractivity contribution in [1.29, 1.82) is 0 Å². The first-order valence-electron chi connectivity index (χ1n) is 6.65. The fourth-order valence-corrected chi connectivity index (χ4v) is 5.25. The van der Waals surface area contributed by atoms with Crippen molar-refractivity contribution in [3.63, 3.8) is 0 Å². The largest absolute Gasteiger partial charge is 0.475 e. The van der Waals surface area contributed by atoms with Gasteiger partial charge in [0.1, 0.15) is 0 Å². The van der Waals surface area contributed by atoms with Crippen LogP contribution in [0.3, 0.4) is 0 Å². The molecule has 0 atom stereocenters. The lowest BCUT2D eigenvalue weighted by molar-refractivity contribution is 0.232. The third-order valence-electron chi connectivity index (χ3n) is 2.75. The Morgan fingerprint density at radius 1 is 1.41 bits per heavy atom. The van der Waals surface area contributed by atoms with Crippen LogP contribution in [-0.2, 0) is 16.6 Å². The lowest BCUT2D eigenvalue weighted by atomic mass is 10.3. The third-order valence-corrected chi connectivity index (χ3v) is 5.96. The second-order valence-corrected chi connectivity index (χ2v) is 9.34. The number of hydrogen-bond donors (Lipinski definition) is 1. The second-order valence-electron chi connectivity index (χ2n) is 4.96. The van der Waals surface area contributed by atoms with Gasteiger partial charge in [-0.25, -0.2) is 18.1 Å². The standard InChI is InChI=1S/C14H17BrN2O3S2/c1-9(2)20-14-6-11(4-5-16-14)8-17-22(18,19)12-7-13(15)21-10(12)3/h4-7,9,17H,8H2,1-3H3. The Hall–Kier alpha value is -0.960. The topological polar surface area (TPSA) is 68.3 Å². The number of aromatic nitrogens is 1. The van der Waals surface area contributed by atoms with Gasteiger partial charge in [0.05, 0.1) is 14.8 Å². The maximum Gasteiger partial charge on any atom is 0.242 e. The van der Waals surface area contributed by atoms with Crippen molar-refractivity contribution in [2.75, 3.05) is 0 Å². The summed E-state index contributed by atoms with van der Waals surface area (Å²) in [5.41, 5.74) is 0.793. The maximum atomic E-state index is 12.3. The van der Waals surface area contributed by atoms with E-state index in [4.69, 9.17) is 4.74 Å². The van der Waals surface area contributed by atoms with E-state index in [1.54, 1.807) is 31.3 Å². The van der Waals surface area contributed by atoms with Gasteiger partial charge >= 0.3 is 0 Å². The van der Waals surface area contributed by atoms with Crippen molar-refractivity contribution in [3.05, 3.63) is 38.6 Å². The molecule has 2 aromatic rings. The average Bonchev–Trinajstić information content (AvgIpc) is 2.76. The molecule has 8 heteroatoms. The van der Waals surface area contributed by atoms with Crippen LogP contribution in [0, 0.1) is 6.92 Å². The van der Waals surface area contributed by atoms with Crippen molar-refractivity contribution in [2.24, 2.45) is 0 Å². The van der Waals surface area contributed by atoms with Gasteiger partial charge in [0.25, 0.3) is 0 Å². The number of thiophene rings is 1. The summed E-state index contributed by atoms with van der Waals surface area (Å²) in [5.74, 6) is 0.487. The van der Waals surface area contributed by atoms with Gasteiger partial charge in [-0.2, -0.15) is 0 Å². The minimum Gasteiger partial charge on any atom is -0.475 e. The highest BCUT2D eigenvalue weighted by molar-refractivity contribution is 9.11.